The Balaban J connectivity index is 1.76. The number of rotatable bonds is 5. The van der Waals surface area contributed by atoms with Crippen LogP contribution in [0, 0.1) is 0 Å². The number of carbonyl (C=O) groups excluding carboxylic acids is 1. The second kappa shape index (κ2) is 7.59. The molecule has 1 aromatic rings. The molecule has 0 unspecified atom stereocenters. The molecule has 1 fully saturated rings. The Hall–Kier alpha value is -1.95. The maximum absolute atomic E-state index is 11.9. The first-order valence-corrected chi connectivity index (χ1v) is 6.93. The van der Waals surface area contributed by atoms with E-state index in [0.717, 1.165) is 19.6 Å². The minimum Gasteiger partial charge on any atom is -0.411 e. The van der Waals surface area contributed by atoms with E-state index in [4.69, 9.17) is 5.21 Å². The number of likely N-dealkylation sites (tertiary alicyclic amines) is 1. The van der Waals surface area contributed by atoms with E-state index in [-0.39, 0.29) is 5.91 Å². The molecule has 2 N–H and O–H groups in total. The van der Waals surface area contributed by atoms with Crippen LogP contribution in [0.15, 0.2) is 23.5 Å². The summed E-state index contributed by atoms with van der Waals surface area (Å²) in [6, 6.07) is 3.31. The smallest absolute Gasteiger partial charge is 0.252 e. The molecule has 0 bridgehead atoms. The fourth-order valence-electron chi connectivity index (χ4n) is 2.29. The van der Waals surface area contributed by atoms with Crippen LogP contribution in [-0.2, 0) is 0 Å². The maximum atomic E-state index is 11.9. The van der Waals surface area contributed by atoms with Gasteiger partial charge < -0.3 is 15.4 Å². The van der Waals surface area contributed by atoms with Crippen LogP contribution in [0.2, 0.25) is 0 Å². The molecule has 0 atom stereocenters. The Morgan fingerprint density at radius 3 is 2.85 bits per heavy atom. The third-order valence-electron chi connectivity index (χ3n) is 3.40. The molecule has 2 rings (SSSR count). The Bertz CT molecular complexity index is 453. The van der Waals surface area contributed by atoms with Crippen molar-refractivity contribution in [1.82, 2.24) is 15.2 Å². The number of pyridine rings is 1. The van der Waals surface area contributed by atoms with Crippen molar-refractivity contribution in [2.75, 3.05) is 26.2 Å². The lowest BCUT2D eigenvalue weighted by Crippen LogP contribution is -2.37. The number of carbonyl (C=O) groups is 1. The summed E-state index contributed by atoms with van der Waals surface area (Å²) in [6.07, 6.45) is 6.53. The van der Waals surface area contributed by atoms with Crippen LogP contribution in [-0.4, -0.2) is 53.4 Å². The van der Waals surface area contributed by atoms with E-state index in [9.17, 15) is 4.79 Å². The molecule has 0 aliphatic carbocycles. The van der Waals surface area contributed by atoms with Gasteiger partial charge in [-0.1, -0.05) is 11.6 Å². The summed E-state index contributed by atoms with van der Waals surface area (Å²) in [5.74, 6) is -0.123. The first kappa shape index (κ1) is 14.5. The number of hydrogen-bond acceptors (Lipinski definition) is 5. The van der Waals surface area contributed by atoms with Gasteiger partial charge in [-0.25, -0.2) is 0 Å². The summed E-state index contributed by atoms with van der Waals surface area (Å²) in [6.45, 7) is 3.81. The molecule has 6 nitrogen and oxygen atoms in total. The van der Waals surface area contributed by atoms with Gasteiger partial charge >= 0.3 is 0 Å². The highest BCUT2D eigenvalue weighted by atomic mass is 16.4. The molecule has 20 heavy (non-hydrogen) atoms. The van der Waals surface area contributed by atoms with Crippen molar-refractivity contribution >= 4 is 12.1 Å². The van der Waals surface area contributed by atoms with E-state index >= 15 is 0 Å². The molecule has 1 amide bonds. The molecule has 0 saturated carbocycles. The highest BCUT2D eigenvalue weighted by molar-refractivity contribution is 5.94. The number of oxime groups is 1. The van der Waals surface area contributed by atoms with E-state index in [1.54, 1.807) is 12.1 Å². The summed E-state index contributed by atoms with van der Waals surface area (Å²) in [4.78, 5) is 18.3. The first-order chi connectivity index (χ1) is 9.79. The standard InChI is InChI=1S/C14H20N4O2/c19-14(12-4-5-13(11-17-20)16-10-12)15-6-9-18-7-2-1-3-8-18/h4-5,10-11,20H,1-3,6-9H2,(H,15,19)/b17-11+. The fraction of sp³-hybridized carbons (Fsp3) is 0.500. The average molecular weight is 276 g/mol. The van der Waals surface area contributed by atoms with Gasteiger partial charge in [-0.05, 0) is 38.1 Å². The van der Waals surface area contributed by atoms with Crippen molar-refractivity contribution < 1.29 is 10.0 Å². The Labute approximate surface area is 118 Å². The molecule has 0 aromatic carbocycles. The quantitative estimate of drug-likeness (QED) is 0.480. The van der Waals surface area contributed by atoms with Crippen molar-refractivity contribution in [3.63, 3.8) is 0 Å². The summed E-state index contributed by atoms with van der Waals surface area (Å²) >= 11 is 0. The SMILES string of the molecule is O=C(NCCN1CCCCC1)c1ccc(/C=N/O)nc1. The van der Waals surface area contributed by atoms with Gasteiger partial charge in [-0.3, -0.25) is 9.78 Å². The molecule has 1 saturated heterocycles. The number of nitrogens with one attached hydrogen (secondary N) is 1. The van der Waals surface area contributed by atoms with Gasteiger partial charge in [0.15, 0.2) is 0 Å². The normalized spacial score (nSPS) is 16.4. The molecule has 0 radical (unpaired) electrons. The van der Waals surface area contributed by atoms with Gasteiger partial charge in [-0.2, -0.15) is 0 Å². The van der Waals surface area contributed by atoms with Gasteiger partial charge in [0, 0.05) is 19.3 Å². The Morgan fingerprint density at radius 2 is 2.20 bits per heavy atom. The van der Waals surface area contributed by atoms with E-state index in [0.29, 0.717) is 17.8 Å². The van der Waals surface area contributed by atoms with Crippen LogP contribution in [0.1, 0.15) is 35.3 Å². The minimum atomic E-state index is -0.123. The summed E-state index contributed by atoms with van der Waals surface area (Å²) in [5.41, 5.74) is 1.02. The van der Waals surface area contributed by atoms with Crippen LogP contribution >= 0.6 is 0 Å². The van der Waals surface area contributed by atoms with Crippen LogP contribution in [0.25, 0.3) is 0 Å². The van der Waals surface area contributed by atoms with Gasteiger partial charge in [0.2, 0.25) is 0 Å². The number of nitrogens with zero attached hydrogens (tertiary/aromatic N) is 3. The minimum absolute atomic E-state index is 0.123. The number of amides is 1. The largest absolute Gasteiger partial charge is 0.411 e. The molecular weight excluding hydrogens is 256 g/mol. The number of hydrogen-bond donors (Lipinski definition) is 2. The monoisotopic (exact) mass is 276 g/mol. The molecular formula is C14H20N4O2. The molecule has 1 aromatic heterocycles. The summed E-state index contributed by atoms with van der Waals surface area (Å²) in [7, 11) is 0. The Morgan fingerprint density at radius 1 is 1.40 bits per heavy atom. The molecule has 108 valence electrons. The highest BCUT2D eigenvalue weighted by Crippen LogP contribution is 2.07. The van der Waals surface area contributed by atoms with Gasteiger partial charge in [0.05, 0.1) is 17.5 Å². The lowest BCUT2D eigenvalue weighted by molar-refractivity contribution is 0.0946. The average Bonchev–Trinajstić information content (AvgIpc) is 2.49. The lowest BCUT2D eigenvalue weighted by Gasteiger charge is -2.26. The van der Waals surface area contributed by atoms with Crippen LogP contribution in [0.3, 0.4) is 0 Å². The zero-order valence-corrected chi connectivity index (χ0v) is 11.5. The topological polar surface area (TPSA) is 77.8 Å². The molecule has 1 aliphatic heterocycles. The predicted molar refractivity (Wildman–Crippen MR) is 76.2 cm³/mol. The molecule has 2 heterocycles. The van der Waals surface area contributed by atoms with Crippen LogP contribution < -0.4 is 5.32 Å². The van der Waals surface area contributed by atoms with Crippen molar-refractivity contribution in [3.8, 4) is 0 Å². The summed E-state index contributed by atoms with van der Waals surface area (Å²) in [5, 5.41) is 14.2. The van der Waals surface area contributed by atoms with Gasteiger partial charge in [-0.15, -0.1) is 0 Å². The van der Waals surface area contributed by atoms with Crippen molar-refractivity contribution in [2.24, 2.45) is 5.16 Å². The van der Waals surface area contributed by atoms with Crippen molar-refractivity contribution in [1.29, 1.82) is 0 Å². The van der Waals surface area contributed by atoms with E-state index in [2.05, 4.69) is 20.4 Å². The number of aromatic nitrogens is 1. The van der Waals surface area contributed by atoms with Crippen molar-refractivity contribution in [3.05, 3.63) is 29.6 Å². The van der Waals surface area contributed by atoms with E-state index in [1.807, 2.05) is 0 Å². The van der Waals surface area contributed by atoms with Crippen LogP contribution in [0.4, 0.5) is 0 Å². The van der Waals surface area contributed by atoms with Gasteiger partial charge in [0.1, 0.15) is 0 Å². The molecule has 1 aliphatic rings. The Kier molecular flexibility index (Phi) is 5.49. The van der Waals surface area contributed by atoms with Crippen LogP contribution in [0.5, 0.6) is 0 Å². The lowest BCUT2D eigenvalue weighted by atomic mass is 10.1. The number of piperidine rings is 1. The fourth-order valence-corrected chi connectivity index (χ4v) is 2.29. The predicted octanol–water partition coefficient (Wildman–Crippen LogP) is 1.11. The second-order valence-corrected chi connectivity index (χ2v) is 4.87. The summed E-state index contributed by atoms with van der Waals surface area (Å²) < 4.78 is 0. The van der Waals surface area contributed by atoms with E-state index in [1.165, 1.54) is 31.7 Å². The van der Waals surface area contributed by atoms with Gasteiger partial charge in [0.25, 0.3) is 5.91 Å². The second-order valence-electron chi connectivity index (χ2n) is 4.87. The van der Waals surface area contributed by atoms with Crippen molar-refractivity contribution in [2.45, 2.75) is 19.3 Å². The first-order valence-electron chi connectivity index (χ1n) is 6.93. The third kappa shape index (κ3) is 4.31. The molecule has 0 spiro atoms. The third-order valence-corrected chi connectivity index (χ3v) is 3.40. The highest BCUT2D eigenvalue weighted by Gasteiger charge is 2.10. The maximum Gasteiger partial charge on any atom is 0.252 e. The zero-order valence-electron chi connectivity index (χ0n) is 11.5. The molecule has 6 heteroatoms. The van der Waals surface area contributed by atoms with E-state index < -0.39 is 0 Å². The zero-order chi connectivity index (χ0) is 14.2.